The zero-order valence-electron chi connectivity index (χ0n) is 14.5. The van der Waals surface area contributed by atoms with Gasteiger partial charge in [0.25, 0.3) is 0 Å². The van der Waals surface area contributed by atoms with Crippen LogP contribution in [0.1, 0.15) is 97.8 Å². The van der Waals surface area contributed by atoms with Crippen molar-refractivity contribution in [2.45, 2.75) is 116 Å². The van der Waals surface area contributed by atoms with Crippen LogP contribution in [0.15, 0.2) is 0 Å². The molecular weight excluding hydrogens is 324 g/mol. The third-order valence-electron chi connectivity index (χ3n) is 4.44. The van der Waals surface area contributed by atoms with E-state index in [1.54, 1.807) is 0 Å². The van der Waals surface area contributed by atoms with Crippen LogP contribution in [-0.4, -0.2) is 6.69 Å². The monoisotopic (exact) mass is 362 g/mol. The Morgan fingerprint density at radius 2 is 0.800 bits per heavy atom. The Bertz CT molecular complexity index is 163. The van der Waals surface area contributed by atoms with E-state index in [-0.39, 0.29) is 0 Å². The lowest BCUT2D eigenvalue weighted by molar-refractivity contribution is 0.671. The molecule has 0 aromatic carbocycles. The summed E-state index contributed by atoms with van der Waals surface area (Å²) in [6, 6.07) is 4.60. The van der Waals surface area contributed by atoms with Gasteiger partial charge in [-0.15, -0.1) is 15.3 Å². The van der Waals surface area contributed by atoms with E-state index in [4.69, 9.17) is 0 Å². The molecular formula is C18H39BrSi. The number of rotatable bonds is 15. The van der Waals surface area contributed by atoms with Crippen LogP contribution in [-0.2, 0) is 0 Å². The molecule has 0 saturated carbocycles. The topological polar surface area (TPSA) is 0 Å². The molecule has 0 aliphatic rings. The summed E-state index contributed by atoms with van der Waals surface area (Å²) in [5.74, 6) is 0. The van der Waals surface area contributed by atoms with E-state index in [9.17, 15) is 0 Å². The Kier molecular flexibility index (Phi) is 15.1. The molecule has 0 amide bonds. The lowest BCUT2D eigenvalue weighted by Gasteiger charge is -2.25. The molecule has 0 rings (SSSR count). The molecule has 0 radical (unpaired) electrons. The van der Waals surface area contributed by atoms with Crippen LogP contribution in [0.25, 0.3) is 0 Å². The molecule has 0 unspecified atom stereocenters. The van der Waals surface area contributed by atoms with Crippen LogP contribution in [0, 0.1) is 0 Å². The molecule has 20 heavy (non-hydrogen) atoms. The van der Waals surface area contributed by atoms with Gasteiger partial charge in [-0.05, 0) is 18.1 Å². The van der Waals surface area contributed by atoms with Gasteiger partial charge in [0, 0.05) is 0 Å². The fourth-order valence-corrected chi connectivity index (χ4v) is 8.90. The maximum Gasteiger partial charge on any atom is 0.130 e. The normalized spacial score (nSPS) is 12.0. The first kappa shape index (κ1) is 20.7. The van der Waals surface area contributed by atoms with Gasteiger partial charge in [0.15, 0.2) is 0 Å². The molecule has 0 heterocycles. The summed E-state index contributed by atoms with van der Waals surface area (Å²) in [5, 5.41) is 0. The second kappa shape index (κ2) is 14.6. The average Bonchev–Trinajstić information content (AvgIpc) is 2.45. The molecule has 0 aromatic heterocycles. The molecule has 0 nitrogen and oxygen atoms in total. The average molecular weight is 364 g/mol. The number of unbranched alkanes of at least 4 members (excludes halogenated alkanes) is 9. The zero-order chi connectivity index (χ0) is 15.1. The van der Waals surface area contributed by atoms with Crippen molar-refractivity contribution >= 4 is 22.0 Å². The van der Waals surface area contributed by atoms with Gasteiger partial charge in [0.05, 0.1) is 0 Å². The third-order valence-corrected chi connectivity index (χ3v) is 11.8. The molecule has 0 aliphatic heterocycles. The highest BCUT2D eigenvalue weighted by Crippen LogP contribution is 2.34. The standard InChI is InChI=1S/C18H39BrSi/c1-4-7-10-13-16-20(19,17-14-11-8-5-2)18-15-12-9-6-3/h4-18H2,1-3H3. The lowest BCUT2D eigenvalue weighted by atomic mass is 10.2. The van der Waals surface area contributed by atoms with E-state index in [0.717, 1.165) is 0 Å². The maximum atomic E-state index is 4.28. The summed E-state index contributed by atoms with van der Waals surface area (Å²) in [7, 11) is 0. The minimum Gasteiger partial charge on any atom is -0.126 e. The van der Waals surface area contributed by atoms with Crippen molar-refractivity contribution in [1.29, 1.82) is 0 Å². The zero-order valence-corrected chi connectivity index (χ0v) is 17.1. The fraction of sp³-hybridized carbons (Fsp3) is 1.00. The number of hydrogen-bond acceptors (Lipinski definition) is 0. The lowest BCUT2D eigenvalue weighted by Crippen LogP contribution is -2.25. The molecule has 0 fully saturated rings. The highest BCUT2D eigenvalue weighted by molar-refractivity contribution is 9.26. The Hall–Kier alpha value is 0.697. The second-order valence-corrected chi connectivity index (χ2v) is 15.4. The highest BCUT2D eigenvalue weighted by atomic mass is 79.9. The molecule has 0 aromatic rings. The van der Waals surface area contributed by atoms with Crippen molar-refractivity contribution in [1.82, 2.24) is 0 Å². The predicted octanol–water partition coefficient (Wildman–Crippen LogP) is 8.07. The van der Waals surface area contributed by atoms with Crippen molar-refractivity contribution in [2.24, 2.45) is 0 Å². The Morgan fingerprint density at radius 3 is 1.05 bits per heavy atom. The van der Waals surface area contributed by atoms with E-state index in [1.807, 2.05) is 0 Å². The quantitative estimate of drug-likeness (QED) is 0.157. The highest BCUT2D eigenvalue weighted by Gasteiger charge is 2.27. The molecule has 0 aliphatic carbocycles. The predicted molar refractivity (Wildman–Crippen MR) is 102 cm³/mol. The Labute approximate surface area is 138 Å². The van der Waals surface area contributed by atoms with Crippen LogP contribution in [0.3, 0.4) is 0 Å². The van der Waals surface area contributed by atoms with Gasteiger partial charge in [-0.1, -0.05) is 97.8 Å². The molecule has 0 N–H and O–H groups in total. The first-order valence-electron chi connectivity index (χ1n) is 9.37. The van der Waals surface area contributed by atoms with E-state index in [2.05, 4.69) is 36.1 Å². The minimum atomic E-state index is -1.09. The summed E-state index contributed by atoms with van der Waals surface area (Å²) in [4.78, 5) is 0. The molecule has 0 saturated heterocycles. The van der Waals surface area contributed by atoms with Gasteiger partial charge in [-0.25, -0.2) is 0 Å². The third kappa shape index (κ3) is 12.4. The van der Waals surface area contributed by atoms with Crippen LogP contribution in [0.5, 0.6) is 0 Å². The molecule has 2 heteroatoms. The summed E-state index contributed by atoms with van der Waals surface area (Å²) in [6.45, 7) is 5.85. The first-order chi connectivity index (χ1) is 9.68. The van der Waals surface area contributed by atoms with Gasteiger partial charge in [0.2, 0.25) is 0 Å². The van der Waals surface area contributed by atoms with Gasteiger partial charge < -0.3 is 0 Å². The Morgan fingerprint density at radius 1 is 0.500 bits per heavy atom. The maximum absolute atomic E-state index is 4.28. The summed E-state index contributed by atoms with van der Waals surface area (Å²) in [6.07, 6.45) is 17.2. The SMILES string of the molecule is CCCCCC[Si](Br)(CCCCCC)CCCCCC. The van der Waals surface area contributed by atoms with Crippen LogP contribution in [0.2, 0.25) is 18.1 Å². The molecule has 0 bridgehead atoms. The van der Waals surface area contributed by atoms with Gasteiger partial charge in [-0.2, -0.15) is 0 Å². The van der Waals surface area contributed by atoms with Crippen molar-refractivity contribution in [2.75, 3.05) is 0 Å². The summed E-state index contributed by atoms with van der Waals surface area (Å²) >= 11 is 4.28. The number of hydrogen-bond donors (Lipinski definition) is 0. The van der Waals surface area contributed by atoms with Crippen molar-refractivity contribution in [3.8, 4) is 0 Å². The summed E-state index contributed by atoms with van der Waals surface area (Å²) in [5.41, 5.74) is 0. The van der Waals surface area contributed by atoms with E-state index in [1.165, 1.54) is 95.2 Å². The van der Waals surface area contributed by atoms with E-state index < -0.39 is 6.69 Å². The molecule has 0 spiro atoms. The van der Waals surface area contributed by atoms with Crippen molar-refractivity contribution < 1.29 is 0 Å². The van der Waals surface area contributed by atoms with Crippen molar-refractivity contribution in [3.05, 3.63) is 0 Å². The fourth-order valence-electron chi connectivity index (χ4n) is 2.98. The second-order valence-electron chi connectivity index (χ2n) is 6.58. The van der Waals surface area contributed by atoms with Gasteiger partial charge in [0.1, 0.15) is 6.69 Å². The minimum absolute atomic E-state index is 1.09. The van der Waals surface area contributed by atoms with Gasteiger partial charge in [-0.3, -0.25) is 0 Å². The van der Waals surface area contributed by atoms with Crippen molar-refractivity contribution in [3.63, 3.8) is 0 Å². The summed E-state index contributed by atoms with van der Waals surface area (Å²) < 4.78 is 0. The molecule has 122 valence electrons. The first-order valence-corrected chi connectivity index (χ1v) is 14.2. The van der Waals surface area contributed by atoms with Crippen LogP contribution in [0.4, 0.5) is 0 Å². The Balaban J connectivity index is 3.98. The van der Waals surface area contributed by atoms with Crippen LogP contribution < -0.4 is 0 Å². The van der Waals surface area contributed by atoms with E-state index in [0.29, 0.717) is 0 Å². The smallest absolute Gasteiger partial charge is 0.126 e. The van der Waals surface area contributed by atoms with Crippen LogP contribution >= 0.6 is 15.3 Å². The van der Waals surface area contributed by atoms with Gasteiger partial charge >= 0.3 is 0 Å². The van der Waals surface area contributed by atoms with E-state index >= 15 is 0 Å². The number of halogens is 1. The molecule has 0 atom stereocenters. The largest absolute Gasteiger partial charge is 0.130 e.